The quantitative estimate of drug-likeness (QED) is 0.763. The van der Waals surface area contributed by atoms with E-state index in [9.17, 15) is 4.39 Å². The van der Waals surface area contributed by atoms with Gasteiger partial charge >= 0.3 is 0 Å². The Morgan fingerprint density at radius 2 is 2.21 bits per heavy atom. The topological polar surface area (TPSA) is 55.5 Å². The first-order chi connectivity index (χ1) is 6.51. The summed E-state index contributed by atoms with van der Waals surface area (Å²) in [6.07, 6.45) is 0. The fourth-order valence-corrected chi connectivity index (χ4v) is 1.22. The van der Waals surface area contributed by atoms with Crippen LogP contribution in [0.5, 0.6) is 5.75 Å². The number of rotatable bonds is 3. The van der Waals surface area contributed by atoms with Crippen LogP contribution in [0, 0.1) is 5.82 Å². The Bertz CT molecular complexity index is 326. The van der Waals surface area contributed by atoms with Crippen LogP contribution in [0.1, 0.15) is 12.5 Å². The lowest BCUT2D eigenvalue weighted by molar-refractivity contribution is 0.206. The van der Waals surface area contributed by atoms with E-state index in [0.29, 0.717) is 11.3 Å². The van der Waals surface area contributed by atoms with Crippen LogP contribution in [0.15, 0.2) is 18.2 Å². The van der Waals surface area contributed by atoms with Crippen LogP contribution in [0.4, 0.5) is 4.39 Å². The molecule has 1 rings (SSSR count). The van der Waals surface area contributed by atoms with Crippen LogP contribution in [-0.2, 0) is 5.54 Å². The standard InChI is InChI=1S/C10H14FNO2/c1-10(12,6-13)8-4-3-7(11)5-9(8)14-2/h3-5,13H,6,12H2,1-2H3. The number of methoxy groups -OCH3 is 1. The molecule has 1 unspecified atom stereocenters. The molecule has 3 N–H and O–H groups in total. The van der Waals surface area contributed by atoms with E-state index in [1.54, 1.807) is 6.92 Å². The van der Waals surface area contributed by atoms with E-state index >= 15 is 0 Å². The van der Waals surface area contributed by atoms with Gasteiger partial charge in [0, 0.05) is 11.6 Å². The highest BCUT2D eigenvalue weighted by molar-refractivity contribution is 5.39. The van der Waals surface area contributed by atoms with Gasteiger partial charge in [-0.25, -0.2) is 4.39 Å². The van der Waals surface area contributed by atoms with Crippen molar-refractivity contribution in [3.05, 3.63) is 29.6 Å². The second-order valence-electron chi connectivity index (χ2n) is 3.42. The largest absolute Gasteiger partial charge is 0.496 e. The van der Waals surface area contributed by atoms with Crippen LogP contribution in [0.25, 0.3) is 0 Å². The molecule has 1 aromatic rings. The van der Waals surface area contributed by atoms with E-state index in [2.05, 4.69) is 0 Å². The SMILES string of the molecule is COc1cc(F)ccc1C(C)(N)CO. The van der Waals surface area contributed by atoms with Crippen molar-refractivity contribution in [2.24, 2.45) is 5.73 Å². The molecule has 0 aliphatic heterocycles. The Balaban J connectivity index is 3.20. The van der Waals surface area contributed by atoms with Crippen molar-refractivity contribution in [2.45, 2.75) is 12.5 Å². The fraction of sp³-hybridized carbons (Fsp3) is 0.400. The minimum atomic E-state index is -0.918. The van der Waals surface area contributed by atoms with Crippen molar-refractivity contribution < 1.29 is 14.2 Å². The molecule has 1 aromatic carbocycles. The highest BCUT2D eigenvalue weighted by atomic mass is 19.1. The first-order valence-electron chi connectivity index (χ1n) is 4.25. The van der Waals surface area contributed by atoms with Crippen LogP contribution < -0.4 is 10.5 Å². The summed E-state index contributed by atoms with van der Waals surface area (Å²) >= 11 is 0. The van der Waals surface area contributed by atoms with Crippen LogP contribution in [0.2, 0.25) is 0 Å². The van der Waals surface area contributed by atoms with Gasteiger partial charge in [-0.1, -0.05) is 6.07 Å². The fourth-order valence-electron chi connectivity index (χ4n) is 1.22. The number of hydrogen-bond donors (Lipinski definition) is 2. The van der Waals surface area contributed by atoms with Crippen molar-refractivity contribution in [1.82, 2.24) is 0 Å². The molecule has 0 aromatic heterocycles. The average molecular weight is 199 g/mol. The summed E-state index contributed by atoms with van der Waals surface area (Å²) in [5, 5.41) is 9.06. The second-order valence-corrected chi connectivity index (χ2v) is 3.42. The summed E-state index contributed by atoms with van der Waals surface area (Å²) in [7, 11) is 1.44. The van der Waals surface area contributed by atoms with Gasteiger partial charge in [0.1, 0.15) is 11.6 Å². The van der Waals surface area contributed by atoms with Gasteiger partial charge < -0.3 is 15.6 Å². The van der Waals surface area contributed by atoms with Gasteiger partial charge in [-0.15, -0.1) is 0 Å². The van der Waals surface area contributed by atoms with E-state index in [-0.39, 0.29) is 12.4 Å². The Labute approximate surface area is 82.3 Å². The molecule has 14 heavy (non-hydrogen) atoms. The zero-order valence-corrected chi connectivity index (χ0v) is 8.25. The first-order valence-corrected chi connectivity index (χ1v) is 4.25. The molecule has 0 saturated carbocycles. The molecule has 0 aliphatic carbocycles. The van der Waals surface area contributed by atoms with Crippen molar-refractivity contribution in [1.29, 1.82) is 0 Å². The third-order valence-electron chi connectivity index (χ3n) is 2.11. The van der Waals surface area contributed by atoms with Crippen LogP contribution >= 0.6 is 0 Å². The predicted molar refractivity (Wildman–Crippen MR) is 51.6 cm³/mol. The minimum Gasteiger partial charge on any atom is -0.496 e. The third-order valence-corrected chi connectivity index (χ3v) is 2.11. The van der Waals surface area contributed by atoms with Gasteiger partial charge in [0.25, 0.3) is 0 Å². The van der Waals surface area contributed by atoms with Gasteiger partial charge in [-0.05, 0) is 13.0 Å². The lowest BCUT2D eigenvalue weighted by Crippen LogP contribution is -2.37. The van der Waals surface area contributed by atoms with E-state index in [0.717, 1.165) is 0 Å². The number of hydrogen-bond acceptors (Lipinski definition) is 3. The molecule has 4 heteroatoms. The number of aliphatic hydroxyl groups excluding tert-OH is 1. The maximum Gasteiger partial charge on any atom is 0.126 e. The van der Waals surface area contributed by atoms with Crippen molar-refractivity contribution in [2.75, 3.05) is 13.7 Å². The number of ether oxygens (including phenoxy) is 1. The maximum atomic E-state index is 12.8. The summed E-state index contributed by atoms with van der Waals surface area (Å²) in [6, 6.07) is 4.05. The molecule has 0 radical (unpaired) electrons. The molecule has 78 valence electrons. The Hall–Kier alpha value is -1.13. The normalized spacial score (nSPS) is 14.9. The molecule has 0 heterocycles. The first kappa shape index (κ1) is 10.9. The molecule has 0 saturated heterocycles. The van der Waals surface area contributed by atoms with Gasteiger partial charge in [-0.3, -0.25) is 0 Å². The van der Waals surface area contributed by atoms with E-state index in [4.69, 9.17) is 15.6 Å². The second kappa shape index (κ2) is 3.94. The highest BCUT2D eigenvalue weighted by Gasteiger charge is 2.24. The minimum absolute atomic E-state index is 0.227. The lowest BCUT2D eigenvalue weighted by Gasteiger charge is -2.24. The number of halogens is 1. The van der Waals surface area contributed by atoms with Crippen molar-refractivity contribution in [3.63, 3.8) is 0 Å². The Kier molecular flexibility index (Phi) is 3.08. The van der Waals surface area contributed by atoms with E-state index in [1.165, 1.54) is 25.3 Å². The van der Waals surface area contributed by atoms with E-state index in [1.807, 2.05) is 0 Å². The van der Waals surface area contributed by atoms with Gasteiger partial charge in [0.15, 0.2) is 0 Å². The zero-order valence-electron chi connectivity index (χ0n) is 8.25. The molecule has 3 nitrogen and oxygen atoms in total. The van der Waals surface area contributed by atoms with Gasteiger partial charge in [0.05, 0.1) is 19.3 Å². The summed E-state index contributed by atoms with van der Waals surface area (Å²) in [5.41, 5.74) is 5.48. The number of benzene rings is 1. The maximum absolute atomic E-state index is 12.8. The average Bonchev–Trinajstić information content (AvgIpc) is 2.17. The molecule has 0 amide bonds. The number of nitrogens with two attached hydrogens (primary N) is 1. The van der Waals surface area contributed by atoms with Gasteiger partial charge in [-0.2, -0.15) is 0 Å². The molecule has 0 spiro atoms. The molecular weight excluding hydrogens is 185 g/mol. The van der Waals surface area contributed by atoms with Gasteiger partial charge in [0.2, 0.25) is 0 Å². The van der Waals surface area contributed by atoms with Crippen LogP contribution in [-0.4, -0.2) is 18.8 Å². The molecule has 0 bridgehead atoms. The Morgan fingerprint density at radius 1 is 1.57 bits per heavy atom. The van der Waals surface area contributed by atoms with E-state index < -0.39 is 5.54 Å². The lowest BCUT2D eigenvalue weighted by atomic mass is 9.93. The summed E-state index contributed by atoms with van der Waals surface area (Å²) < 4.78 is 17.8. The third kappa shape index (κ3) is 2.02. The smallest absolute Gasteiger partial charge is 0.126 e. The predicted octanol–water partition coefficient (Wildman–Crippen LogP) is 1.00. The summed E-state index contributed by atoms with van der Waals surface area (Å²) in [6.45, 7) is 1.43. The monoisotopic (exact) mass is 199 g/mol. The number of aliphatic hydroxyl groups is 1. The molecular formula is C10H14FNO2. The Morgan fingerprint density at radius 3 is 2.71 bits per heavy atom. The summed E-state index contributed by atoms with van der Waals surface area (Å²) in [4.78, 5) is 0. The molecule has 0 fully saturated rings. The van der Waals surface area contributed by atoms with Crippen LogP contribution in [0.3, 0.4) is 0 Å². The zero-order chi connectivity index (χ0) is 10.8. The van der Waals surface area contributed by atoms with Crippen molar-refractivity contribution in [3.8, 4) is 5.75 Å². The molecule has 1 atom stereocenters. The summed E-state index contributed by atoms with van der Waals surface area (Å²) in [5.74, 6) is -0.0385. The molecule has 0 aliphatic rings. The van der Waals surface area contributed by atoms with Crippen molar-refractivity contribution >= 4 is 0 Å². The highest BCUT2D eigenvalue weighted by Crippen LogP contribution is 2.28.